The fraction of sp³-hybridized carbons (Fsp3) is 0.533. The van der Waals surface area contributed by atoms with Gasteiger partial charge in [-0.25, -0.2) is 0 Å². The van der Waals surface area contributed by atoms with Crippen LogP contribution in [0.1, 0.15) is 38.7 Å². The summed E-state index contributed by atoms with van der Waals surface area (Å²) in [5, 5.41) is 0. The monoisotopic (exact) mass is 246 g/mol. The number of aryl methyl sites for hydroxylation is 1. The average Bonchev–Trinajstić information content (AvgIpc) is 2.67. The zero-order chi connectivity index (χ0) is 13.2. The third-order valence-corrected chi connectivity index (χ3v) is 3.87. The number of nitrogen functional groups attached to an aromatic ring is 1. The lowest BCUT2D eigenvalue weighted by Gasteiger charge is -2.31. The number of anilines is 1. The van der Waals surface area contributed by atoms with Gasteiger partial charge in [-0.05, 0) is 44.7 Å². The SMILES string of the molecule is CC1(C)CCCN1C(=O)CCc1ccccc1N. The quantitative estimate of drug-likeness (QED) is 0.833. The Hall–Kier alpha value is -1.51. The third-order valence-electron chi connectivity index (χ3n) is 3.87. The number of carbonyl (C=O) groups excluding carboxylic acids is 1. The molecule has 1 aliphatic rings. The summed E-state index contributed by atoms with van der Waals surface area (Å²) in [6.07, 6.45) is 3.51. The molecule has 18 heavy (non-hydrogen) atoms. The standard InChI is InChI=1S/C15H22N2O/c1-15(2)10-5-11-17(15)14(18)9-8-12-6-3-4-7-13(12)16/h3-4,6-7H,5,8-11,16H2,1-2H3. The number of likely N-dealkylation sites (tertiary alicyclic amines) is 1. The van der Waals surface area contributed by atoms with Crippen molar-refractivity contribution in [1.82, 2.24) is 4.90 Å². The van der Waals surface area contributed by atoms with Gasteiger partial charge in [0, 0.05) is 24.2 Å². The lowest BCUT2D eigenvalue weighted by atomic mass is 10.0. The van der Waals surface area contributed by atoms with Crippen molar-refractivity contribution in [3.8, 4) is 0 Å². The predicted octanol–water partition coefficient (Wildman–Crippen LogP) is 2.60. The van der Waals surface area contributed by atoms with Gasteiger partial charge in [-0.15, -0.1) is 0 Å². The first-order valence-electron chi connectivity index (χ1n) is 6.64. The van der Waals surface area contributed by atoms with E-state index in [-0.39, 0.29) is 11.4 Å². The van der Waals surface area contributed by atoms with Crippen molar-refractivity contribution in [2.45, 2.75) is 45.1 Å². The van der Waals surface area contributed by atoms with Crippen LogP contribution in [0.2, 0.25) is 0 Å². The Bertz CT molecular complexity index is 440. The Morgan fingerprint density at radius 2 is 2.11 bits per heavy atom. The molecule has 1 aromatic rings. The lowest BCUT2D eigenvalue weighted by Crippen LogP contribution is -2.42. The third kappa shape index (κ3) is 2.66. The molecule has 0 aliphatic carbocycles. The maximum atomic E-state index is 12.2. The molecule has 0 atom stereocenters. The number of para-hydroxylation sites is 1. The zero-order valence-corrected chi connectivity index (χ0v) is 11.3. The van der Waals surface area contributed by atoms with E-state index in [0.717, 1.165) is 37.1 Å². The Labute approximate surface area is 109 Å². The van der Waals surface area contributed by atoms with E-state index in [2.05, 4.69) is 13.8 Å². The number of amides is 1. The fourth-order valence-corrected chi connectivity index (χ4v) is 2.71. The van der Waals surface area contributed by atoms with E-state index in [0.29, 0.717) is 6.42 Å². The summed E-state index contributed by atoms with van der Waals surface area (Å²) in [5.74, 6) is 0.251. The van der Waals surface area contributed by atoms with E-state index in [9.17, 15) is 4.79 Å². The molecule has 0 aromatic heterocycles. The molecular weight excluding hydrogens is 224 g/mol. The summed E-state index contributed by atoms with van der Waals surface area (Å²) in [4.78, 5) is 14.3. The fourth-order valence-electron chi connectivity index (χ4n) is 2.71. The number of hydrogen-bond donors (Lipinski definition) is 1. The van der Waals surface area contributed by atoms with Crippen LogP contribution in [0.3, 0.4) is 0 Å². The van der Waals surface area contributed by atoms with Crippen LogP contribution in [-0.2, 0) is 11.2 Å². The molecule has 1 amide bonds. The molecular formula is C15H22N2O. The molecule has 1 aromatic carbocycles. The second kappa shape index (κ2) is 5.01. The van der Waals surface area contributed by atoms with Crippen LogP contribution in [0.5, 0.6) is 0 Å². The number of nitrogens with two attached hydrogens (primary N) is 1. The van der Waals surface area contributed by atoms with Gasteiger partial charge in [-0.1, -0.05) is 18.2 Å². The van der Waals surface area contributed by atoms with Crippen molar-refractivity contribution in [2.75, 3.05) is 12.3 Å². The van der Waals surface area contributed by atoms with Gasteiger partial charge in [-0.2, -0.15) is 0 Å². The van der Waals surface area contributed by atoms with Crippen molar-refractivity contribution in [3.05, 3.63) is 29.8 Å². The van der Waals surface area contributed by atoms with Crippen LogP contribution < -0.4 is 5.73 Å². The van der Waals surface area contributed by atoms with Crippen LogP contribution in [0.25, 0.3) is 0 Å². The van der Waals surface area contributed by atoms with E-state index < -0.39 is 0 Å². The van der Waals surface area contributed by atoms with Crippen LogP contribution in [0.4, 0.5) is 5.69 Å². The Balaban J connectivity index is 1.95. The van der Waals surface area contributed by atoms with Crippen LogP contribution in [0, 0.1) is 0 Å². The molecule has 98 valence electrons. The summed E-state index contributed by atoms with van der Waals surface area (Å²) < 4.78 is 0. The lowest BCUT2D eigenvalue weighted by molar-refractivity contribution is -0.134. The summed E-state index contributed by atoms with van der Waals surface area (Å²) in [5.41, 5.74) is 7.77. The van der Waals surface area contributed by atoms with E-state index >= 15 is 0 Å². The minimum atomic E-state index is 0.0271. The van der Waals surface area contributed by atoms with Gasteiger partial charge in [-0.3, -0.25) is 4.79 Å². The van der Waals surface area contributed by atoms with Crippen molar-refractivity contribution in [3.63, 3.8) is 0 Å². The van der Waals surface area contributed by atoms with Crippen LogP contribution >= 0.6 is 0 Å². The second-order valence-corrected chi connectivity index (χ2v) is 5.66. The van der Waals surface area contributed by atoms with E-state index in [1.54, 1.807) is 0 Å². The van der Waals surface area contributed by atoms with Gasteiger partial charge in [0.2, 0.25) is 5.91 Å². The van der Waals surface area contributed by atoms with Crippen LogP contribution in [-0.4, -0.2) is 22.9 Å². The van der Waals surface area contributed by atoms with Crippen molar-refractivity contribution < 1.29 is 4.79 Å². The number of benzene rings is 1. The number of hydrogen-bond acceptors (Lipinski definition) is 2. The highest BCUT2D eigenvalue weighted by Crippen LogP contribution is 2.29. The van der Waals surface area contributed by atoms with Gasteiger partial charge < -0.3 is 10.6 Å². The summed E-state index contributed by atoms with van der Waals surface area (Å²) >= 11 is 0. The molecule has 3 nitrogen and oxygen atoms in total. The highest BCUT2D eigenvalue weighted by molar-refractivity contribution is 5.77. The molecule has 3 heteroatoms. The van der Waals surface area contributed by atoms with Crippen LogP contribution in [0.15, 0.2) is 24.3 Å². The topological polar surface area (TPSA) is 46.3 Å². The smallest absolute Gasteiger partial charge is 0.223 e. The largest absolute Gasteiger partial charge is 0.399 e. The predicted molar refractivity (Wildman–Crippen MR) is 74.2 cm³/mol. The second-order valence-electron chi connectivity index (χ2n) is 5.66. The van der Waals surface area contributed by atoms with Crippen molar-refractivity contribution >= 4 is 11.6 Å². The molecule has 0 bridgehead atoms. The maximum absolute atomic E-state index is 12.2. The zero-order valence-electron chi connectivity index (χ0n) is 11.3. The Morgan fingerprint density at radius 1 is 1.39 bits per heavy atom. The summed E-state index contributed by atoms with van der Waals surface area (Å²) in [7, 11) is 0. The molecule has 0 saturated carbocycles. The highest BCUT2D eigenvalue weighted by atomic mass is 16.2. The van der Waals surface area contributed by atoms with Crippen molar-refractivity contribution in [1.29, 1.82) is 0 Å². The van der Waals surface area contributed by atoms with Crippen molar-refractivity contribution in [2.24, 2.45) is 0 Å². The normalized spacial score (nSPS) is 18.0. The summed E-state index contributed by atoms with van der Waals surface area (Å²) in [6.45, 7) is 5.19. The van der Waals surface area contributed by atoms with Gasteiger partial charge in [0.25, 0.3) is 0 Å². The Kier molecular flexibility index (Phi) is 3.60. The maximum Gasteiger partial charge on any atom is 0.223 e. The minimum Gasteiger partial charge on any atom is -0.399 e. The van der Waals surface area contributed by atoms with Gasteiger partial charge >= 0.3 is 0 Å². The molecule has 1 heterocycles. The molecule has 1 fully saturated rings. The van der Waals surface area contributed by atoms with E-state index in [1.165, 1.54) is 0 Å². The molecule has 2 N–H and O–H groups in total. The first kappa shape index (κ1) is 12.9. The first-order valence-corrected chi connectivity index (χ1v) is 6.64. The van der Waals surface area contributed by atoms with Gasteiger partial charge in [0.15, 0.2) is 0 Å². The number of carbonyl (C=O) groups is 1. The van der Waals surface area contributed by atoms with E-state index in [1.807, 2.05) is 29.2 Å². The van der Waals surface area contributed by atoms with Gasteiger partial charge in [0.1, 0.15) is 0 Å². The molecule has 1 aliphatic heterocycles. The molecule has 0 radical (unpaired) electrons. The minimum absolute atomic E-state index is 0.0271. The molecule has 2 rings (SSSR count). The number of rotatable bonds is 3. The summed E-state index contributed by atoms with van der Waals surface area (Å²) in [6, 6.07) is 7.78. The molecule has 0 spiro atoms. The molecule has 1 saturated heterocycles. The van der Waals surface area contributed by atoms with Gasteiger partial charge in [0.05, 0.1) is 0 Å². The first-order chi connectivity index (χ1) is 8.50. The average molecular weight is 246 g/mol. The number of nitrogens with zero attached hydrogens (tertiary/aromatic N) is 1. The van der Waals surface area contributed by atoms with E-state index in [4.69, 9.17) is 5.73 Å². The Morgan fingerprint density at radius 3 is 2.72 bits per heavy atom. The highest BCUT2D eigenvalue weighted by Gasteiger charge is 2.34. The molecule has 0 unspecified atom stereocenters.